The molecule has 23 heavy (non-hydrogen) atoms. The first-order valence-electron chi connectivity index (χ1n) is 5.71. The maximum Gasteiger partial charge on any atom is 0.442 e. The Balaban J connectivity index is 2.80. The second kappa shape index (κ2) is 5.69. The van der Waals surface area contributed by atoms with Gasteiger partial charge in [-0.3, -0.25) is 14.9 Å². The quantitative estimate of drug-likeness (QED) is 0.483. The number of hydrogen-bond acceptors (Lipinski definition) is 5. The Morgan fingerprint density at radius 1 is 1.35 bits per heavy atom. The zero-order valence-electron chi connectivity index (χ0n) is 10.8. The fraction of sp³-hybridized carbons (Fsp3) is 0.0833. The lowest BCUT2D eigenvalue weighted by molar-refractivity contribution is -0.388. The first kappa shape index (κ1) is 16.4. The molecule has 2 aromatic rings. The zero-order valence-corrected chi connectivity index (χ0v) is 11.6. The maximum atomic E-state index is 12.9. The molecule has 1 aromatic carbocycles. The summed E-state index contributed by atoms with van der Waals surface area (Å²) in [5, 5.41) is 21.3. The molecule has 0 bridgehead atoms. The molecule has 0 atom stereocenters. The molecule has 2 rings (SSSR count). The van der Waals surface area contributed by atoms with Crippen LogP contribution in [0.15, 0.2) is 24.3 Å². The highest BCUT2D eigenvalue weighted by molar-refractivity contribution is 6.68. The summed E-state index contributed by atoms with van der Waals surface area (Å²) in [6, 6.07) is 6.65. The lowest BCUT2D eigenvalue weighted by Crippen LogP contribution is -2.09. The molecule has 0 radical (unpaired) electrons. The van der Waals surface area contributed by atoms with Crippen LogP contribution in [0.5, 0.6) is 0 Å². The van der Waals surface area contributed by atoms with Crippen LogP contribution < -0.4 is 0 Å². The van der Waals surface area contributed by atoms with Gasteiger partial charge in [-0.15, -0.1) is 0 Å². The topological polar surface area (TPSA) is 102 Å². The molecule has 1 aromatic heterocycles. The average molecular weight is 345 g/mol. The molecule has 0 saturated heterocycles. The maximum absolute atomic E-state index is 12.9. The molecular formula is C12H4ClF3N4O3. The summed E-state index contributed by atoms with van der Waals surface area (Å²) >= 11 is 5.21. The fourth-order valence-electron chi connectivity index (χ4n) is 1.81. The molecule has 0 spiro atoms. The number of nitro groups is 1. The van der Waals surface area contributed by atoms with Crippen molar-refractivity contribution in [2.24, 2.45) is 0 Å². The fourth-order valence-corrected chi connectivity index (χ4v) is 1.98. The van der Waals surface area contributed by atoms with E-state index in [1.54, 1.807) is 6.07 Å². The van der Waals surface area contributed by atoms with Gasteiger partial charge in [0.1, 0.15) is 0 Å². The number of halogens is 4. The largest absolute Gasteiger partial charge is 0.442 e. The Hall–Kier alpha value is -2.93. The van der Waals surface area contributed by atoms with Crippen LogP contribution in [0.25, 0.3) is 5.69 Å². The molecule has 11 heteroatoms. The smallest absolute Gasteiger partial charge is 0.274 e. The van der Waals surface area contributed by atoms with Crippen molar-refractivity contribution in [2.45, 2.75) is 6.18 Å². The van der Waals surface area contributed by atoms with Crippen molar-refractivity contribution in [3.05, 3.63) is 51.3 Å². The first-order chi connectivity index (χ1) is 10.7. The Morgan fingerprint density at radius 3 is 2.30 bits per heavy atom. The lowest BCUT2D eigenvalue weighted by atomic mass is 10.2. The SMILES string of the molecule is N#Cc1ccc(-n2nc(C(F)(F)F)c([N+](=O)[O-])c2C(=O)Cl)cc1. The van der Waals surface area contributed by atoms with Crippen molar-refractivity contribution >= 4 is 22.5 Å². The minimum atomic E-state index is -5.15. The van der Waals surface area contributed by atoms with E-state index in [-0.39, 0.29) is 11.3 Å². The van der Waals surface area contributed by atoms with Gasteiger partial charge in [-0.2, -0.15) is 23.5 Å². The van der Waals surface area contributed by atoms with Crippen molar-refractivity contribution < 1.29 is 22.9 Å². The van der Waals surface area contributed by atoms with Crippen LogP contribution in [0.3, 0.4) is 0 Å². The van der Waals surface area contributed by atoms with Crippen LogP contribution in [-0.2, 0) is 6.18 Å². The predicted octanol–water partition coefficient (Wildman–Crippen LogP) is 3.05. The number of nitrogens with zero attached hydrogens (tertiary/aromatic N) is 4. The van der Waals surface area contributed by atoms with Crippen LogP contribution in [-0.4, -0.2) is 19.9 Å². The molecule has 1 heterocycles. The molecule has 0 amide bonds. The normalized spacial score (nSPS) is 11.1. The highest BCUT2D eigenvalue weighted by atomic mass is 35.5. The number of carbonyl (C=O) groups is 1. The second-order valence-electron chi connectivity index (χ2n) is 4.14. The summed E-state index contributed by atoms with van der Waals surface area (Å²) < 4.78 is 39.2. The van der Waals surface area contributed by atoms with Crippen molar-refractivity contribution in [3.63, 3.8) is 0 Å². The minimum absolute atomic E-state index is 0.0911. The molecule has 0 fully saturated rings. The summed E-state index contributed by atoms with van der Waals surface area (Å²) in [6.45, 7) is 0. The second-order valence-corrected chi connectivity index (χ2v) is 4.49. The molecule has 0 unspecified atom stereocenters. The summed E-state index contributed by atoms with van der Waals surface area (Å²) in [7, 11) is 0. The van der Waals surface area contributed by atoms with E-state index >= 15 is 0 Å². The van der Waals surface area contributed by atoms with Crippen molar-refractivity contribution in [1.82, 2.24) is 9.78 Å². The molecular weight excluding hydrogens is 341 g/mol. The number of hydrogen-bond donors (Lipinski definition) is 0. The van der Waals surface area contributed by atoms with E-state index in [0.717, 1.165) is 0 Å². The molecule has 118 valence electrons. The number of benzene rings is 1. The molecule has 0 N–H and O–H groups in total. The van der Waals surface area contributed by atoms with E-state index in [0.29, 0.717) is 4.68 Å². The number of aromatic nitrogens is 2. The molecule has 0 saturated carbocycles. The van der Waals surface area contributed by atoms with Crippen molar-refractivity contribution in [3.8, 4) is 11.8 Å². The minimum Gasteiger partial charge on any atom is -0.274 e. The van der Waals surface area contributed by atoms with E-state index in [4.69, 9.17) is 16.9 Å². The van der Waals surface area contributed by atoms with Gasteiger partial charge >= 0.3 is 11.9 Å². The van der Waals surface area contributed by atoms with Gasteiger partial charge in [-0.05, 0) is 35.9 Å². The number of carbonyl (C=O) groups excluding carboxylic acids is 1. The third kappa shape index (κ3) is 3.00. The molecule has 0 aliphatic heterocycles. The first-order valence-corrected chi connectivity index (χ1v) is 6.09. The summed E-state index contributed by atoms with van der Waals surface area (Å²) in [4.78, 5) is 21.0. The zero-order chi connectivity index (χ0) is 17.4. The van der Waals surface area contributed by atoms with Gasteiger partial charge in [-0.25, -0.2) is 4.68 Å². The number of nitriles is 1. The lowest BCUT2D eigenvalue weighted by Gasteiger charge is -2.03. The Kier molecular flexibility index (Phi) is 4.07. The van der Waals surface area contributed by atoms with E-state index in [1.165, 1.54) is 24.3 Å². The van der Waals surface area contributed by atoms with Gasteiger partial charge in [0.15, 0.2) is 0 Å². The monoisotopic (exact) mass is 344 g/mol. The van der Waals surface area contributed by atoms with Crippen molar-refractivity contribution in [2.75, 3.05) is 0 Å². The molecule has 0 aliphatic carbocycles. The summed E-state index contributed by atoms with van der Waals surface area (Å²) in [5.74, 6) is 0. The predicted molar refractivity (Wildman–Crippen MR) is 70.1 cm³/mol. The standard InChI is InChI=1S/C12H4ClF3N4O3/c13-11(21)9-8(20(22)23)10(12(14,15)16)18-19(9)7-3-1-6(5-17)2-4-7/h1-4H. The number of alkyl halides is 3. The van der Waals surface area contributed by atoms with Crippen molar-refractivity contribution in [1.29, 1.82) is 5.26 Å². The Bertz CT molecular complexity index is 837. The third-order valence-corrected chi connectivity index (χ3v) is 2.92. The highest BCUT2D eigenvalue weighted by Crippen LogP contribution is 2.38. The third-order valence-electron chi connectivity index (χ3n) is 2.74. The van der Waals surface area contributed by atoms with Crippen LogP contribution in [0, 0.1) is 21.4 Å². The Morgan fingerprint density at radius 2 is 1.91 bits per heavy atom. The van der Waals surface area contributed by atoms with E-state index < -0.39 is 33.4 Å². The van der Waals surface area contributed by atoms with Gasteiger partial charge in [0.05, 0.1) is 22.2 Å². The van der Waals surface area contributed by atoms with E-state index in [9.17, 15) is 28.1 Å². The molecule has 7 nitrogen and oxygen atoms in total. The van der Waals surface area contributed by atoms with Gasteiger partial charge in [-0.1, -0.05) is 0 Å². The van der Waals surface area contributed by atoms with E-state index in [1.807, 2.05) is 0 Å². The van der Waals surface area contributed by atoms with E-state index in [2.05, 4.69) is 5.10 Å². The van der Waals surface area contributed by atoms with Gasteiger partial charge < -0.3 is 0 Å². The summed E-state index contributed by atoms with van der Waals surface area (Å²) in [5.41, 5.74) is -4.27. The van der Waals surface area contributed by atoms with Gasteiger partial charge in [0, 0.05) is 0 Å². The van der Waals surface area contributed by atoms with Crippen LogP contribution in [0.4, 0.5) is 18.9 Å². The van der Waals surface area contributed by atoms with Crippen LogP contribution in [0.1, 0.15) is 21.7 Å². The summed E-state index contributed by atoms with van der Waals surface area (Å²) in [6.07, 6.45) is -5.15. The number of rotatable bonds is 3. The van der Waals surface area contributed by atoms with Gasteiger partial charge in [0.25, 0.3) is 5.24 Å². The highest BCUT2D eigenvalue weighted by Gasteiger charge is 2.46. The van der Waals surface area contributed by atoms with Crippen LogP contribution >= 0.6 is 11.6 Å². The molecule has 0 aliphatic rings. The average Bonchev–Trinajstić information content (AvgIpc) is 2.88. The van der Waals surface area contributed by atoms with Crippen LogP contribution in [0.2, 0.25) is 0 Å². The van der Waals surface area contributed by atoms with Gasteiger partial charge in [0.2, 0.25) is 11.4 Å². The Labute approximate surface area is 130 Å².